The largest absolute Gasteiger partial charge is 0.480 e. The summed E-state index contributed by atoms with van der Waals surface area (Å²) in [6, 6.07) is 7.80. The van der Waals surface area contributed by atoms with E-state index >= 15 is 0 Å². The zero-order valence-corrected chi connectivity index (χ0v) is 8.29. The van der Waals surface area contributed by atoms with E-state index in [0.29, 0.717) is 6.42 Å². The van der Waals surface area contributed by atoms with E-state index in [-0.39, 0.29) is 0 Å². The van der Waals surface area contributed by atoms with Crippen LogP contribution in [0.15, 0.2) is 24.3 Å². The number of carboxylic acids is 1. The molecule has 0 fully saturated rings. The second-order valence-electron chi connectivity index (χ2n) is 3.04. The first-order valence-corrected chi connectivity index (χ1v) is 4.57. The molecule has 0 unspecified atom stereocenters. The molecule has 0 amide bonds. The van der Waals surface area contributed by atoms with E-state index in [9.17, 15) is 4.79 Å². The molecule has 0 spiro atoms. The summed E-state index contributed by atoms with van der Waals surface area (Å²) in [6.07, 6.45) is 0.471. The number of carboxylic acid groups (broad SMARTS) is 1. The molecule has 0 bridgehead atoms. The van der Waals surface area contributed by atoms with Crippen molar-refractivity contribution in [3.05, 3.63) is 35.4 Å². The van der Waals surface area contributed by atoms with E-state index in [1.165, 1.54) is 5.56 Å². The molecule has 70 valence electrons. The van der Waals surface area contributed by atoms with Crippen LogP contribution in [0.3, 0.4) is 0 Å². The minimum absolute atomic E-state index is 0.471. The molecule has 1 atom stereocenters. The van der Waals surface area contributed by atoms with Gasteiger partial charge in [-0.15, -0.1) is 0 Å². The zero-order valence-electron chi connectivity index (χ0n) is 7.40. The lowest BCUT2D eigenvalue weighted by Crippen LogP contribution is -2.15. The normalized spacial score (nSPS) is 12.5. The van der Waals surface area contributed by atoms with Gasteiger partial charge in [-0.05, 0) is 18.9 Å². The molecular weight excluding hydrogens is 184 g/mol. The Labute approximate surface area is 83.0 Å². The van der Waals surface area contributed by atoms with Gasteiger partial charge in [-0.1, -0.05) is 29.8 Å². The molecule has 0 aromatic heterocycles. The first kappa shape index (κ1) is 10.1. The Bertz CT molecular complexity index is 292. The van der Waals surface area contributed by atoms with Gasteiger partial charge in [-0.3, -0.25) is 4.79 Å². The van der Waals surface area contributed by atoms with Crippen LogP contribution < -0.4 is 0 Å². The number of hydrogen-bond donors (Lipinski definition) is 2. The summed E-state index contributed by atoms with van der Waals surface area (Å²) in [6.45, 7) is 2.00. The minimum atomic E-state index is -0.871. The van der Waals surface area contributed by atoms with Crippen molar-refractivity contribution in [1.82, 2.24) is 0 Å². The Balaban J connectivity index is 2.64. The van der Waals surface area contributed by atoms with Crippen LogP contribution >= 0.6 is 12.6 Å². The van der Waals surface area contributed by atoms with Gasteiger partial charge in [0.2, 0.25) is 0 Å². The van der Waals surface area contributed by atoms with Gasteiger partial charge in [0.05, 0.1) is 0 Å². The third kappa shape index (κ3) is 3.11. The molecule has 0 saturated heterocycles. The predicted molar refractivity (Wildman–Crippen MR) is 55.3 cm³/mol. The SMILES string of the molecule is Cc1ccc(C[C@@H](S)C(=O)O)cc1. The Morgan fingerprint density at radius 3 is 2.46 bits per heavy atom. The second kappa shape index (κ2) is 4.33. The molecule has 1 aromatic carbocycles. The number of rotatable bonds is 3. The van der Waals surface area contributed by atoms with Crippen molar-refractivity contribution in [3.63, 3.8) is 0 Å². The fourth-order valence-electron chi connectivity index (χ4n) is 1.03. The lowest BCUT2D eigenvalue weighted by molar-refractivity contribution is -0.136. The molecule has 2 nitrogen and oxygen atoms in total. The number of carbonyl (C=O) groups is 1. The highest BCUT2D eigenvalue weighted by molar-refractivity contribution is 7.81. The average molecular weight is 196 g/mol. The maximum Gasteiger partial charge on any atom is 0.316 e. The van der Waals surface area contributed by atoms with Crippen LogP contribution in [-0.4, -0.2) is 16.3 Å². The Kier molecular flexibility index (Phi) is 3.37. The van der Waals surface area contributed by atoms with E-state index in [1.807, 2.05) is 31.2 Å². The molecule has 0 aliphatic heterocycles. The van der Waals surface area contributed by atoms with Crippen molar-refractivity contribution < 1.29 is 9.90 Å². The second-order valence-corrected chi connectivity index (χ2v) is 3.67. The Hall–Kier alpha value is -0.960. The van der Waals surface area contributed by atoms with Crippen LogP contribution in [0.25, 0.3) is 0 Å². The summed E-state index contributed by atoms with van der Waals surface area (Å²) in [4.78, 5) is 10.5. The van der Waals surface area contributed by atoms with Crippen LogP contribution in [0.5, 0.6) is 0 Å². The molecule has 3 heteroatoms. The van der Waals surface area contributed by atoms with Crippen LogP contribution in [0.2, 0.25) is 0 Å². The zero-order chi connectivity index (χ0) is 9.84. The van der Waals surface area contributed by atoms with Gasteiger partial charge in [0.25, 0.3) is 0 Å². The highest BCUT2D eigenvalue weighted by Crippen LogP contribution is 2.09. The fraction of sp³-hybridized carbons (Fsp3) is 0.300. The molecule has 1 rings (SSSR count). The summed E-state index contributed by atoms with van der Waals surface area (Å²) in [5.41, 5.74) is 2.18. The molecular formula is C10H12O2S. The number of aryl methyl sites for hydroxylation is 1. The van der Waals surface area contributed by atoms with Crippen molar-refractivity contribution in [2.75, 3.05) is 0 Å². The number of thiol groups is 1. The number of hydrogen-bond acceptors (Lipinski definition) is 2. The maximum absolute atomic E-state index is 10.5. The molecule has 13 heavy (non-hydrogen) atoms. The lowest BCUT2D eigenvalue weighted by Gasteiger charge is -2.05. The number of aliphatic carboxylic acids is 1. The monoisotopic (exact) mass is 196 g/mol. The van der Waals surface area contributed by atoms with Gasteiger partial charge in [-0.25, -0.2) is 0 Å². The van der Waals surface area contributed by atoms with Gasteiger partial charge in [0, 0.05) is 0 Å². The third-order valence-corrected chi connectivity index (χ3v) is 2.24. The van der Waals surface area contributed by atoms with Crippen LogP contribution in [0.4, 0.5) is 0 Å². The van der Waals surface area contributed by atoms with E-state index < -0.39 is 11.2 Å². The minimum Gasteiger partial charge on any atom is -0.480 e. The van der Waals surface area contributed by atoms with Crippen LogP contribution in [0.1, 0.15) is 11.1 Å². The maximum atomic E-state index is 10.5. The quantitative estimate of drug-likeness (QED) is 0.725. The first-order valence-electron chi connectivity index (χ1n) is 4.06. The van der Waals surface area contributed by atoms with Crippen molar-refractivity contribution >= 4 is 18.6 Å². The van der Waals surface area contributed by atoms with Gasteiger partial charge < -0.3 is 5.11 Å². The first-order chi connectivity index (χ1) is 6.09. The highest BCUT2D eigenvalue weighted by atomic mass is 32.1. The summed E-state index contributed by atoms with van der Waals surface area (Å²) >= 11 is 3.96. The van der Waals surface area contributed by atoms with E-state index in [4.69, 9.17) is 5.11 Å². The summed E-state index contributed by atoms with van der Waals surface area (Å²) in [5.74, 6) is -0.871. The van der Waals surface area contributed by atoms with E-state index in [1.54, 1.807) is 0 Å². The van der Waals surface area contributed by atoms with E-state index in [2.05, 4.69) is 12.6 Å². The average Bonchev–Trinajstić information content (AvgIpc) is 2.08. The molecule has 0 saturated carbocycles. The van der Waals surface area contributed by atoms with Crippen molar-refractivity contribution in [2.24, 2.45) is 0 Å². The van der Waals surface area contributed by atoms with Gasteiger partial charge in [0.1, 0.15) is 5.25 Å². The lowest BCUT2D eigenvalue weighted by atomic mass is 10.1. The predicted octanol–water partition coefficient (Wildman–Crippen LogP) is 1.92. The highest BCUT2D eigenvalue weighted by Gasteiger charge is 2.11. The summed E-state index contributed by atoms with van der Waals surface area (Å²) in [7, 11) is 0. The van der Waals surface area contributed by atoms with Crippen molar-refractivity contribution in [2.45, 2.75) is 18.6 Å². The molecule has 0 heterocycles. The topological polar surface area (TPSA) is 37.3 Å². The Morgan fingerprint density at radius 2 is 2.00 bits per heavy atom. The van der Waals surface area contributed by atoms with E-state index in [0.717, 1.165) is 5.56 Å². The Morgan fingerprint density at radius 1 is 1.46 bits per heavy atom. The van der Waals surface area contributed by atoms with Crippen molar-refractivity contribution in [3.8, 4) is 0 Å². The van der Waals surface area contributed by atoms with Crippen LogP contribution in [0, 0.1) is 6.92 Å². The summed E-state index contributed by atoms with van der Waals surface area (Å²) in [5, 5.41) is 8.01. The fourth-order valence-corrected chi connectivity index (χ4v) is 1.25. The van der Waals surface area contributed by atoms with Crippen molar-refractivity contribution in [1.29, 1.82) is 0 Å². The molecule has 1 aromatic rings. The third-order valence-electron chi connectivity index (χ3n) is 1.83. The van der Waals surface area contributed by atoms with Gasteiger partial charge >= 0.3 is 5.97 Å². The summed E-state index contributed by atoms with van der Waals surface area (Å²) < 4.78 is 0. The smallest absolute Gasteiger partial charge is 0.316 e. The molecule has 0 aliphatic rings. The van der Waals surface area contributed by atoms with Gasteiger partial charge in [0.15, 0.2) is 0 Å². The molecule has 0 radical (unpaired) electrons. The van der Waals surface area contributed by atoms with Gasteiger partial charge in [-0.2, -0.15) is 12.6 Å². The molecule has 0 aliphatic carbocycles. The standard InChI is InChI=1S/C10H12O2S/c1-7-2-4-8(5-3-7)6-9(13)10(11)12/h2-5,9,13H,6H2,1H3,(H,11,12)/t9-/m1/s1. The van der Waals surface area contributed by atoms with Crippen LogP contribution in [-0.2, 0) is 11.2 Å². The number of benzene rings is 1. The molecule has 1 N–H and O–H groups in total.